The lowest BCUT2D eigenvalue weighted by Crippen LogP contribution is -2.50. The molecule has 0 saturated carbocycles. The average molecular weight is 239 g/mol. The van der Waals surface area contributed by atoms with Gasteiger partial charge in [0, 0.05) is 0 Å². The Morgan fingerprint density at radius 3 is 2.65 bits per heavy atom. The SMILES string of the molecule is CC1(COCc2ccccc2)NC(O)OC1O. The minimum atomic E-state index is -1.14. The fourth-order valence-corrected chi connectivity index (χ4v) is 1.73. The average Bonchev–Trinajstić information content (AvgIpc) is 2.54. The van der Waals surface area contributed by atoms with Crippen LogP contribution in [0.1, 0.15) is 12.5 Å². The van der Waals surface area contributed by atoms with Gasteiger partial charge >= 0.3 is 0 Å². The van der Waals surface area contributed by atoms with E-state index in [0.717, 1.165) is 5.56 Å². The van der Waals surface area contributed by atoms with Crippen LogP contribution in [0, 0.1) is 0 Å². The van der Waals surface area contributed by atoms with Gasteiger partial charge in [0.15, 0.2) is 6.29 Å². The van der Waals surface area contributed by atoms with E-state index in [9.17, 15) is 10.2 Å². The number of nitrogens with one attached hydrogen (secondary N) is 1. The maximum atomic E-state index is 9.59. The third kappa shape index (κ3) is 3.02. The predicted octanol–water partition coefficient (Wildman–Crippen LogP) is 0.176. The molecular formula is C12H17NO4. The third-order valence-corrected chi connectivity index (χ3v) is 2.77. The molecule has 3 unspecified atom stereocenters. The van der Waals surface area contributed by atoms with Gasteiger partial charge in [0.2, 0.25) is 6.41 Å². The molecule has 0 amide bonds. The van der Waals surface area contributed by atoms with Gasteiger partial charge in [0.25, 0.3) is 0 Å². The van der Waals surface area contributed by atoms with Crippen molar-refractivity contribution in [1.29, 1.82) is 0 Å². The Hall–Kier alpha value is -0.980. The number of rotatable bonds is 4. The summed E-state index contributed by atoms with van der Waals surface area (Å²) in [7, 11) is 0. The topological polar surface area (TPSA) is 71.0 Å². The summed E-state index contributed by atoms with van der Waals surface area (Å²) in [5.41, 5.74) is 0.277. The van der Waals surface area contributed by atoms with Crippen LogP contribution in [0.5, 0.6) is 0 Å². The van der Waals surface area contributed by atoms with Gasteiger partial charge in [0.1, 0.15) is 0 Å². The maximum Gasteiger partial charge on any atom is 0.216 e. The highest BCUT2D eigenvalue weighted by Gasteiger charge is 2.43. The highest BCUT2D eigenvalue weighted by atomic mass is 16.7. The van der Waals surface area contributed by atoms with Crippen molar-refractivity contribution >= 4 is 0 Å². The molecule has 2 rings (SSSR count). The summed E-state index contributed by atoms with van der Waals surface area (Å²) >= 11 is 0. The zero-order chi connectivity index (χ0) is 12.3. The molecule has 1 aromatic rings. The third-order valence-electron chi connectivity index (χ3n) is 2.77. The molecular weight excluding hydrogens is 222 g/mol. The largest absolute Gasteiger partial charge is 0.375 e. The van der Waals surface area contributed by atoms with E-state index in [1.54, 1.807) is 6.92 Å². The molecule has 1 heterocycles. The van der Waals surface area contributed by atoms with Crippen molar-refractivity contribution in [2.75, 3.05) is 6.61 Å². The van der Waals surface area contributed by atoms with Crippen molar-refractivity contribution in [1.82, 2.24) is 5.32 Å². The summed E-state index contributed by atoms with van der Waals surface area (Å²) in [6.45, 7) is 2.44. The van der Waals surface area contributed by atoms with Crippen LogP contribution in [0.4, 0.5) is 0 Å². The second-order valence-corrected chi connectivity index (χ2v) is 4.38. The molecule has 0 radical (unpaired) electrons. The van der Waals surface area contributed by atoms with Crippen LogP contribution in [0.15, 0.2) is 30.3 Å². The summed E-state index contributed by atoms with van der Waals surface area (Å²) < 4.78 is 10.3. The van der Waals surface area contributed by atoms with Gasteiger partial charge in [-0.1, -0.05) is 30.3 Å². The molecule has 5 nitrogen and oxygen atoms in total. The fraction of sp³-hybridized carbons (Fsp3) is 0.500. The van der Waals surface area contributed by atoms with Gasteiger partial charge in [-0.05, 0) is 12.5 Å². The quantitative estimate of drug-likeness (QED) is 0.699. The molecule has 1 saturated heterocycles. The Morgan fingerprint density at radius 2 is 2.06 bits per heavy atom. The highest BCUT2D eigenvalue weighted by Crippen LogP contribution is 2.21. The maximum absolute atomic E-state index is 9.59. The van der Waals surface area contributed by atoms with E-state index in [2.05, 4.69) is 5.32 Å². The van der Waals surface area contributed by atoms with Crippen LogP contribution in [0.3, 0.4) is 0 Å². The summed E-state index contributed by atoms with van der Waals surface area (Å²) in [5.74, 6) is 0. The molecule has 1 aliphatic rings. The first kappa shape index (κ1) is 12.5. The zero-order valence-electron chi connectivity index (χ0n) is 9.67. The van der Waals surface area contributed by atoms with Gasteiger partial charge in [-0.2, -0.15) is 0 Å². The Balaban J connectivity index is 1.82. The zero-order valence-corrected chi connectivity index (χ0v) is 9.67. The monoisotopic (exact) mass is 239 g/mol. The van der Waals surface area contributed by atoms with E-state index >= 15 is 0 Å². The second kappa shape index (κ2) is 5.12. The molecule has 5 heteroatoms. The minimum absolute atomic E-state index is 0.250. The lowest BCUT2D eigenvalue weighted by Gasteiger charge is -2.25. The van der Waals surface area contributed by atoms with E-state index in [1.165, 1.54) is 0 Å². The number of hydrogen-bond donors (Lipinski definition) is 3. The minimum Gasteiger partial charge on any atom is -0.375 e. The van der Waals surface area contributed by atoms with E-state index < -0.39 is 18.2 Å². The van der Waals surface area contributed by atoms with Crippen LogP contribution in [-0.2, 0) is 16.1 Å². The predicted molar refractivity (Wildman–Crippen MR) is 60.7 cm³/mol. The Labute approximate surface area is 100.0 Å². The molecule has 3 N–H and O–H groups in total. The second-order valence-electron chi connectivity index (χ2n) is 4.38. The van der Waals surface area contributed by atoms with Crippen LogP contribution < -0.4 is 5.32 Å². The molecule has 1 fully saturated rings. The van der Waals surface area contributed by atoms with Crippen molar-refractivity contribution in [3.05, 3.63) is 35.9 Å². The molecule has 94 valence electrons. The number of ether oxygens (including phenoxy) is 2. The molecule has 0 aromatic heterocycles. The molecule has 3 atom stereocenters. The van der Waals surface area contributed by atoms with Gasteiger partial charge in [0.05, 0.1) is 18.8 Å². The lowest BCUT2D eigenvalue weighted by molar-refractivity contribution is -0.175. The van der Waals surface area contributed by atoms with Crippen molar-refractivity contribution in [3.8, 4) is 0 Å². The number of benzene rings is 1. The molecule has 1 aliphatic heterocycles. The van der Waals surface area contributed by atoms with E-state index in [1.807, 2.05) is 30.3 Å². The van der Waals surface area contributed by atoms with Crippen molar-refractivity contribution in [2.45, 2.75) is 31.8 Å². The summed E-state index contributed by atoms with van der Waals surface area (Å²) in [5, 5.41) is 21.5. The van der Waals surface area contributed by atoms with Crippen LogP contribution in [0.2, 0.25) is 0 Å². The summed E-state index contributed by atoms with van der Waals surface area (Å²) in [6, 6.07) is 9.75. The van der Waals surface area contributed by atoms with Crippen LogP contribution in [-0.4, -0.2) is 35.1 Å². The van der Waals surface area contributed by atoms with Crippen molar-refractivity contribution in [2.24, 2.45) is 0 Å². The van der Waals surface area contributed by atoms with Gasteiger partial charge in [-0.15, -0.1) is 0 Å². The van der Waals surface area contributed by atoms with Gasteiger partial charge in [-0.3, -0.25) is 5.32 Å². The molecule has 0 spiro atoms. The fourth-order valence-electron chi connectivity index (χ4n) is 1.73. The molecule has 0 aliphatic carbocycles. The Kier molecular flexibility index (Phi) is 3.76. The first-order chi connectivity index (χ1) is 8.10. The molecule has 17 heavy (non-hydrogen) atoms. The standard InChI is InChI=1S/C12H17NO4/c1-12(10(14)17-11(15)13-12)8-16-7-9-5-3-2-4-6-9/h2-6,10-11,13-15H,7-8H2,1H3. The highest BCUT2D eigenvalue weighted by molar-refractivity contribution is 5.13. The lowest BCUT2D eigenvalue weighted by atomic mass is 10.1. The first-order valence-corrected chi connectivity index (χ1v) is 5.51. The van der Waals surface area contributed by atoms with Crippen LogP contribution in [0.25, 0.3) is 0 Å². The Morgan fingerprint density at radius 1 is 1.35 bits per heavy atom. The van der Waals surface area contributed by atoms with Crippen molar-refractivity contribution in [3.63, 3.8) is 0 Å². The number of hydrogen-bond acceptors (Lipinski definition) is 5. The normalized spacial score (nSPS) is 32.9. The van der Waals surface area contributed by atoms with Gasteiger partial charge in [-0.25, -0.2) is 0 Å². The van der Waals surface area contributed by atoms with Crippen molar-refractivity contribution < 1.29 is 19.7 Å². The van der Waals surface area contributed by atoms with E-state index in [-0.39, 0.29) is 6.61 Å². The summed E-state index contributed by atoms with van der Waals surface area (Å²) in [6.07, 6.45) is -2.22. The molecule has 0 bridgehead atoms. The smallest absolute Gasteiger partial charge is 0.216 e. The summed E-state index contributed by atoms with van der Waals surface area (Å²) in [4.78, 5) is 0. The first-order valence-electron chi connectivity index (χ1n) is 5.51. The van der Waals surface area contributed by atoms with E-state index in [0.29, 0.717) is 6.61 Å². The van der Waals surface area contributed by atoms with Gasteiger partial charge < -0.3 is 19.7 Å². The van der Waals surface area contributed by atoms with E-state index in [4.69, 9.17) is 9.47 Å². The number of aliphatic hydroxyl groups is 2. The van der Waals surface area contributed by atoms with Crippen LogP contribution >= 0.6 is 0 Å². The Bertz CT molecular complexity index is 359. The number of aliphatic hydroxyl groups excluding tert-OH is 2. The molecule has 1 aromatic carbocycles.